The van der Waals surface area contributed by atoms with E-state index in [2.05, 4.69) is 37.5 Å². The molecule has 2 heterocycles. The maximum atomic E-state index is 12.7. The molecule has 4 atom stereocenters. The zero-order chi connectivity index (χ0) is 14.9. The van der Waals surface area contributed by atoms with Gasteiger partial charge in [0.1, 0.15) is 0 Å². The summed E-state index contributed by atoms with van der Waals surface area (Å²) in [6.07, 6.45) is 2.35. The highest BCUT2D eigenvalue weighted by atomic mass is 16.2. The third-order valence-corrected chi connectivity index (χ3v) is 5.17. The lowest BCUT2D eigenvalue weighted by atomic mass is 9.90. The number of nitrogens with two attached hydrogens (primary N) is 1. The molecule has 4 nitrogen and oxygen atoms in total. The summed E-state index contributed by atoms with van der Waals surface area (Å²) in [5.41, 5.74) is 6.06. The van der Waals surface area contributed by atoms with E-state index in [9.17, 15) is 4.79 Å². The third kappa shape index (κ3) is 3.34. The first kappa shape index (κ1) is 15.8. The minimum Gasteiger partial charge on any atom is -0.341 e. The van der Waals surface area contributed by atoms with Gasteiger partial charge in [0.15, 0.2) is 0 Å². The Bertz CT molecular complexity index is 350. The van der Waals surface area contributed by atoms with Crippen LogP contribution < -0.4 is 5.73 Å². The van der Waals surface area contributed by atoms with Crippen LogP contribution in [0.4, 0.5) is 0 Å². The predicted octanol–water partition coefficient (Wildman–Crippen LogP) is 1.55. The monoisotopic (exact) mass is 281 g/mol. The van der Waals surface area contributed by atoms with Gasteiger partial charge in [-0.15, -0.1) is 0 Å². The van der Waals surface area contributed by atoms with E-state index in [0.717, 1.165) is 32.6 Å². The van der Waals surface area contributed by atoms with Gasteiger partial charge in [0.05, 0.1) is 6.04 Å². The maximum absolute atomic E-state index is 12.7. The zero-order valence-electron chi connectivity index (χ0n) is 13.6. The second-order valence-electron chi connectivity index (χ2n) is 7.60. The van der Waals surface area contributed by atoms with Gasteiger partial charge in [-0.3, -0.25) is 9.69 Å². The van der Waals surface area contributed by atoms with Crippen LogP contribution in [0.5, 0.6) is 0 Å². The van der Waals surface area contributed by atoms with E-state index in [1.54, 1.807) is 0 Å². The zero-order valence-corrected chi connectivity index (χ0v) is 13.6. The standard InChI is InChI=1S/C16H31N3O/c1-12-7-13(2)9-19(8-12)15(20)14(3)18-6-5-16(4,10-17)11-18/h12-14H,5-11,17H2,1-4H3. The van der Waals surface area contributed by atoms with Crippen molar-refractivity contribution in [2.75, 3.05) is 32.7 Å². The molecule has 0 aromatic carbocycles. The molecule has 2 saturated heterocycles. The fourth-order valence-corrected chi connectivity index (χ4v) is 3.82. The average Bonchev–Trinajstić information content (AvgIpc) is 2.79. The first-order chi connectivity index (χ1) is 9.34. The molecule has 0 bridgehead atoms. The van der Waals surface area contributed by atoms with Crippen LogP contribution >= 0.6 is 0 Å². The summed E-state index contributed by atoms with van der Waals surface area (Å²) in [5.74, 6) is 1.57. The molecule has 20 heavy (non-hydrogen) atoms. The normalized spacial score (nSPS) is 37.1. The van der Waals surface area contributed by atoms with Gasteiger partial charge in [0.2, 0.25) is 5.91 Å². The van der Waals surface area contributed by atoms with Gasteiger partial charge in [0.25, 0.3) is 0 Å². The SMILES string of the molecule is CC1CC(C)CN(C(=O)C(C)N2CCC(C)(CN)C2)C1. The van der Waals surface area contributed by atoms with E-state index >= 15 is 0 Å². The molecule has 0 saturated carbocycles. The van der Waals surface area contributed by atoms with Crippen molar-refractivity contribution in [3.8, 4) is 0 Å². The lowest BCUT2D eigenvalue weighted by molar-refractivity contribution is -0.138. The van der Waals surface area contributed by atoms with Crippen molar-refractivity contribution >= 4 is 5.91 Å². The lowest BCUT2D eigenvalue weighted by Gasteiger charge is -2.38. The van der Waals surface area contributed by atoms with Crippen LogP contribution in [-0.4, -0.2) is 54.5 Å². The number of likely N-dealkylation sites (tertiary alicyclic amines) is 2. The number of hydrogen-bond acceptors (Lipinski definition) is 3. The van der Waals surface area contributed by atoms with E-state index < -0.39 is 0 Å². The largest absolute Gasteiger partial charge is 0.341 e. The summed E-state index contributed by atoms with van der Waals surface area (Å²) in [7, 11) is 0. The quantitative estimate of drug-likeness (QED) is 0.854. The summed E-state index contributed by atoms with van der Waals surface area (Å²) in [5, 5.41) is 0. The van der Waals surface area contributed by atoms with Gasteiger partial charge in [-0.2, -0.15) is 0 Å². The van der Waals surface area contributed by atoms with Crippen LogP contribution in [0.15, 0.2) is 0 Å². The molecule has 2 rings (SSSR count). The summed E-state index contributed by atoms with van der Waals surface area (Å²) >= 11 is 0. The second-order valence-corrected chi connectivity index (χ2v) is 7.60. The summed E-state index contributed by atoms with van der Waals surface area (Å²) in [6, 6.07) is 0.000810. The Morgan fingerprint density at radius 2 is 1.95 bits per heavy atom. The number of piperidine rings is 1. The number of nitrogens with zero attached hydrogens (tertiary/aromatic N) is 2. The van der Waals surface area contributed by atoms with Crippen LogP contribution in [-0.2, 0) is 4.79 Å². The summed E-state index contributed by atoms with van der Waals surface area (Å²) in [4.78, 5) is 17.1. The van der Waals surface area contributed by atoms with Crippen molar-refractivity contribution in [3.63, 3.8) is 0 Å². The number of hydrogen-bond donors (Lipinski definition) is 1. The third-order valence-electron chi connectivity index (χ3n) is 5.17. The Morgan fingerprint density at radius 3 is 2.45 bits per heavy atom. The molecule has 2 N–H and O–H groups in total. The number of carbonyl (C=O) groups is 1. The molecule has 0 aromatic rings. The number of amides is 1. The molecule has 0 radical (unpaired) electrons. The van der Waals surface area contributed by atoms with Crippen LogP contribution in [0.1, 0.15) is 40.5 Å². The Kier molecular flexibility index (Phi) is 4.75. The van der Waals surface area contributed by atoms with Crippen LogP contribution in [0.25, 0.3) is 0 Å². The minimum absolute atomic E-state index is 0.000810. The molecule has 2 aliphatic rings. The van der Waals surface area contributed by atoms with E-state index in [4.69, 9.17) is 5.73 Å². The fourth-order valence-electron chi connectivity index (χ4n) is 3.82. The number of rotatable bonds is 3. The van der Waals surface area contributed by atoms with Crippen molar-refractivity contribution in [2.24, 2.45) is 23.0 Å². The van der Waals surface area contributed by atoms with Crippen LogP contribution in [0, 0.1) is 17.3 Å². The maximum Gasteiger partial charge on any atom is 0.239 e. The molecule has 2 fully saturated rings. The van der Waals surface area contributed by atoms with Crippen molar-refractivity contribution in [3.05, 3.63) is 0 Å². The molecule has 0 aliphatic carbocycles. The van der Waals surface area contributed by atoms with Crippen molar-refractivity contribution in [1.82, 2.24) is 9.80 Å². The molecular formula is C16H31N3O. The first-order valence-corrected chi connectivity index (χ1v) is 8.07. The Morgan fingerprint density at radius 1 is 1.35 bits per heavy atom. The lowest BCUT2D eigenvalue weighted by Crippen LogP contribution is -2.51. The Balaban J connectivity index is 1.95. The summed E-state index contributed by atoms with van der Waals surface area (Å²) < 4.78 is 0. The van der Waals surface area contributed by atoms with E-state index in [1.165, 1.54) is 6.42 Å². The van der Waals surface area contributed by atoms with Gasteiger partial charge in [0, 0.05) is 19.6 Å². The van der Waals surface area contributed by atoms with Crippen molar-refractivity contribution in [1.29, 1.82) is 0 Å². The second kappa shape index (κ2) is 6.02. The van der Waals surface area contributed by atoms with Crippen molar-refractivity contribution < 1.29 is 4.79 Å². The minimum atomic E-state index is 0.000810. The fraction of sp³-hybridized carbons (Fsp3) is 0.938. The van der Waals surface area contributed by atoms with Gasteiger partial charge in [-0.25, -0.2) is 0 Å². The molecule has 2 aliphatic heterocycles. The van der Waals surface area contributed by atoms with Crippen molar-refractivity contribution in [2.45, 2.75) is 46.6 Å². The molecule has 1 amide bonds. The highest BCUT2D eigenvalue weighted by Gasteiger charge is 2.38. The highest BCUT2D eigenvalue weighted by Crippen LogP contribution is 2.30. The van der Waals surface area contributed by atoms with Crippen LogP contribution in [0.2, 0.25) is 0 Å². The molecular weight excluding hydrogens is 250 g/mol. The molecule has 0 aromatic heterocycles. The predicted molar refractivity (Wildman–Crippen MR) is 82.3 cm³/mol. The molecule has 4 heteroatoms. The molecule has 4 unspecified atom stereocenters. The van der Waals surface area contributed by atoms with Gasteiger partial charge in [-0.1, -0.05) is 20.8 Å². The Labute approximate surface area is 123 Å². The smallest absolute Gasteiger partial charge is 0.239 e. The highest BCUT2D eigenvalue weighted by molar-refractivity contribution is 5.81. The molecule has 0 spiro atoms. The average molecular weight is 281 g/mol. The van der Waals surface area contributed by atoms with Gasteiger partial charge in [-0.05, 0) is 50.1 Å². The van der Waals surface area contributed by atoms with Gasteiger partial charge >= 0.3 is 0 Å². The van der Waals surface area contributed by atoms with E-state index in [-0.39, 0.29) is 11.5 Å². The number of carbonyl (C=O) groups excluding carboxylic acids is 1. The van der Waals surface area contributed by atoms with E-state index in [1.807, 2.05) is 0 Å². The Hall–Kier alpha value is -0.610. The summed E-state index contributed by atoms with van der Waals surface area (Å²) in [6.45, 7) is 13.3. The van der Waals surface area contributed by atoms with Crippen LogP contribution in [0.3, 0.4) is 0 Å². The first-order valence-electron chi connectivity index (χ1n) is 8.07. The topological polar surface area (TPSA) is 49.6 Å². The van der Waals surface area contributed by atoms with E-state index in [0.29, 0.717) is 24.3 Å². The molecule has 116 valence electrons. The van der Waals surface area contributed by atoms with Gasteiger partial charge < -0.3 is 10.6 Å².